The van der Waals surface area contributed by atoms with Crippen molar-refractivity contribution in [2.45, 2.75) is 33.0 Å². The number of likely N-dealkylation sites (tertiary alicyclic amines) is 1. The molecule has 1 N–H and O–H groups in total. The first kappa shape index (κ1) is 22.5. The predicted octanol–water partition coefficient (Wildman–Crippen LogP) is 4.39. The van der Waals surface area contributed by atoms with Crippen molar-refractivity contribution in [2.24, 2.45) is 17.8 Å². The second-order valence-corrected chi connectivity index (χ2v) is 9.12. The number of fused-ring (bicyclic) bond motifs is 1. The van der Waals surface area contributed by atoms with Gasteiger partial charge in [0, 0.05) is 31.1 Å². The molecule has 3 atom stereocenters. The van der Waals surface area contributed by atoms with E-state index < -0.39 is 17.6 Å². The van der Waals surface area contributed by atoms with Gasteiger partial charge >= 0.3 is 6.18 Å². The molecule has 2 aromatic carbocycles. The first-order valence-electron chi connectivity index (χ1n) is 10.9. The Balaban J connectivity index is 1.29. The second-order valence-electron chi connectivity index (χ2n) is 9.12. The molecular weight excluding hydrogens is 417 g/mol. The van der Waals surface area contributed by atoms with E-state index in [4.69, 9.17) is 0 Å². The molecule has 2 aliphatic rings. The van der Waals surface area contributed by atoms with Crippen molar-refractivity contribution in [1.29, 1.82) is 0 Å². The van der Waals surface area contributed by atoms with Gasteiger partial charge in [0.25, 0.3) is 5.91 Å². The predicted molar refractivity (Wildman–Crippen MR) is 115 cm³/mol. The zero-order chi connectivity index (χ0) is 23.0. The van der Waals surface area contributed by atoms with Crippen molar-refractivity contribution >= 4 is 11.7 Å². The smallest absolute Gasteiger partial charge is 0.345 e. The number of carbonyl (C=O) groups is 2. The highest BCUT2D eigenvalue weighted by Crippen LogP contribution is 2.46. The van der Waals surface area contributed by atoms with Crippen LogP contribution in [0.4, 0.5) is 13.2 Å². The van der Waals surface area contributed by atoms with E-state index in [2.05, 4.69) is 42.3 Å². The van der Waals surface area contributed by atoms with Gasteiger partial charge in [-0.15, -0.1) is 0 Å². The number of carbonyl (C=O) groups excluding carboxylic acids is 2. The Morgan fingerprint density at radius 2 is 1.88 bits per heavy atom. The maximum absolute atomic E-state index is 12.8. The number of hydrogen-bond donors (Lipinski definition) is 1. The zero-order valence-electron chi connectivity index (χ0n) is 18.2. The highest BCUT2D eigenvalue weighted by Gasteiger charge is 2.49. The van der Waals surface area contributed by atoms with Gasteiger partial charge in [0.05, 0.1) is 12.1 Å². The number of amides is 1. The molecule has 1 saturated carbocycles. The van der Waals surface area contributed by atoms with Crippen LogP contribution < -0.4 is 5.32 Å². The average Bonchev–Trinajstić information content (AvgIpc) is 3.03. The summed E-state index contributed by atoms with van der Waals surface area (Å²) < 4.78 is 38.5. The lowest BCUT2D eigenvalue weighted by molar-refractivity contribution is -0.137. The fraction of sp³-hybridized carbons (Fsp3) is 0.440. The number of nitrogens with one attached hydrogen (secondary N) is 1. The number of Topliss-reactive ketones (excluding diaryl/α,β-unsaturated/α-hetero) is 1. The number of aryl methyl sites for hydroxylation is 2. The van der Waals surface area contributed by atoms with Crippen LogP contribution in [0.5, 0.6) is 0 Å². The van der Waals surface area contributed by atoms with E-state index in [0.29, 0.717) is 11.8 Å². The summed E-state index contributed by atoms with van der Waals surface area (Å²) in [6.07, 6.45) is -3.70. The topological polar surface area (TPSA) is 49.4 Å². The maximum Gasteiger partial charge on any atom is 0.416 e. The molecule has 170 valence electrons. The Bertz CT molecular complexity index is 1030. The fourth-order valence-corrected chi connectivity index (χ4v) is 5.00. The Kier molecular flexibility index (Phi) is 6.12. The Morgan fingerprint density at radius 1 is 1.09 bits per heavy atom. The lowest BCUT2D eigenvalue weighted by atomic mass is 9.65. The minimum atomic E-state index is -4.52. The molecule has 2 aromatic rings. The molecule has 0 radical (unpaired) electrons. The summed E-state index contributed by atoms with van der Waals surface area (Å²) >= 11 is 0. The zero-order valence-corrected chi connectivity index (χ0v) is 18.2. The van der Waals surface area contributed by atoms with Gasteiger partial charge in [-0.1, -0.05) is 29.8 Å². The molecule has 4 rings (SSSR count). The van der Waals surface area contributed by atoms with Crippen molar-refractivity contribution in [3.05, 3.63) is 70.3 Å². The maximum atomic E-state index is 12.8. The molecule has 4 nitrogen and oxygen atoms in total. The summed E-state index contributed by atoms with van der Waals surface area (Å²) in [6.45, 7) is 6.74. The van der Waals surface area contributed by atoms with Crippen molar-refractivity contribution < 1.29 is 22.8 Å². The summed E-state index contributed by atoms with van der Waals surface area (Å²) in [4.78, 5) is 27.3. The van der Waals surface area contributed by atoms with Gasteiger partial charge in [-0.25, -0.2) is 0 Å². The van der Waals surface area contributed by atoms with Crippen molar-refractivity contribution in [1.82, 2.24) is 10.2 Å². The van der Waals surface area contributed by atoms with Gasteiger partial charge in [0.2, 0.25) is 0 Å². The Hall–Kier alpha value is -2.67. The van der Waals surface area contributed by atoms with Gasteiger partial charge in [0.15, 0.2) is 5.78 Å². The second kappa shape index (κ2) is 8.70. The number of hydrogen-bond acceptors (Lipinski definition) is 3. The normalized spacial score (nSPS) is 22.8. The molecule has 0 bridgehead atoms. The van der Waals surface area contributed by atoms with Gasteiger partial charge in [0.1, 0.15) is 0 Å². The van der Waals surface area contributed by atoms with Crippen LogP contribution in [0.3, 0.4) is 0 Å². The lowest BCUT2D eigenvalue weighted by Gasteiger charge is -2.38. The third-order valence-electron chi connectivity index (χ3n) is 6.82. The number of rotatable bonds is 6. The molecular formula is C25H27F3N2O2. The van der Waals surface area contributed by atoms with E-state index in [1.54, 1.807) is 0 Å². The summed E-state index contributed by atoms with van der Waals surface area (Å²) in [5, 5.41) is 2.50. The molecule has 32 heavy (non-hydrogen) atoms. The molecule has 1 aliphatic heterocycles. The number of ketones is 1. The first-order valence-corrected chi connectivity index (χ1v) is 10.9. The molecule has 1 saturated heterocycles. The third kappa shape index (κ3) is 4.72. The first-order chi connectivity index (χ1) is 15.1. The summed E-state index contributed by atoms with van der Waals surface area (Å²) in [5.74, 6) is -0.0123. The van der Waals surface area contributed by atoms with Crippen LogP contribution in [-0.2, 0) is 17.5 Å². The van der Waals surface area contributed by atoms with Crippen molar-refractivity contribution in [3.8, 4) is 0 Å². The molecule has 1 unspecified atom stereocenters. The largest absolute Gasteiger partial charge is 0.416 e. The van der Waals surface area contributed by atoms with Crippen LogP contribution in [0.15, 0.2) is 42.5 Å². The van der Waals surface area contributed by atoms with Gasteiger partial charge in [-0.05, 0) is 61.4 Å². The van der Waals surface area contributed by atoms with Crippen LogP contribution in [0.25, 0.3) is 0 Å². The van der Waals surface area contributed by atoms with Crippen LogP contribution in [-0.4, -0.2) is 36.2 Å². The minimum Gasteiger partial charge on any atom is -0.345 e. The molecule has 1 heterocycles. The Morgan fingerprint density at radius 3 is 2.59 bits per heavy atom. The fourth-order valence-electron chi connectivity index (χ4n) is 5.00. The van der Waals surface area contributed by atoms with E-state index in [-0.39, 0.29) is 23.8 Å². The van der Waals surface area contributed by atoms with Gasteiger partial charge in [-0.3, -0.25) is 14.5 Å². The van der Waals surface area contributed by atoms with E-state index >= 15 is 0 Å². The van der Waals surface area contributed by atoms with E-state index in [1.807, 2.05) is 0 Å². The quantitative estimate of drug-likeness (QED) is 0.719. The highest BCUT2D eigenvalue weighted by atomic mass is 19.4. The monoisotopic (exact) mass is 444 g/mol. The van der Waals surface area contributed by atoms with E-state index in [1.165, 1.54) is 28.8 Å². The number of halogens is 3. The molecule has 2 fully saturated rings. The van der Waals surface area contributed by atoms with Gasteiger partial charge in [-0.2, -0.15) is 13.2 Å². The number of nitrogens with zero attached hydrogens (tertiary/aromatic N) is 1. The van der Waals surface area contributed by atoms with E-state index in [0.717, 1.165) is 38.2 Å². The molecule has 1 aliphatic carbocycles. The number of alkyl halides is 3. The van der Waals surface area contributed by atoms with Gasteiger partial charge < -0.3 is 5.32 Å². The lowest BCUT2D eigenvalue weighted by Crippen LogP contribution is -2.44. The van der Waals surface area contributed by atoms with Crippen LogP contribution in [0.1, 0.15) is 39.0 Å². The van der Waals surface area contributed by atoms with Crippen LogP contribution in [0, 0.1) is 31.6 Å². The van der Waals surface area contributed by atoms with Crippen molar-refractivity contribution in [3.63, 3.8) is 0 Å². The highest BCUT2D eigenvalue weighted by molar-refractivity contribution is 5.97. The third-order valence-corrected chi connectivity index (χ3v) is 6.82. The van der Waals surface area contributed by atoms with Crippen molar-refractivity contribution in [2.75, 3.05) is 19.6 Å². The summed E-state index contributed by atoms with van der Waals surface area (Å²) in [7, 11) is 0. The number of benzene rings is 2. The summed E-state index contributed by atoms with van der Waals surface area (Å²) in [6, 6.07) is 10.7. The molecule has 1 amide bonds. The minimum absolute atomic E-state index is 0.0417. The molecule has 0 spiro atoms. The molecule has 0 aromatic heterocycles. The summed E-state index contributed by atoms with van der Waals surface area (Å²) in [5.41, 5.74) is 2.83. The molecule has 7 heteroatoms. The van der Waals surface area contributed by atoms with Crippen LogP contribution in [0.2, 0.25) is 0 Å². The average molecular weight is 444 g/mol. The SMILES string of the molecule is Cc1ccc(CN2C[C@H]3CC(C(=O)CNC(=O)c4cccc(C(F)(F)F)c4)[C@H]3C2)c(C)c1. The van der Waals surface area contributed by atoms with E-state index in [9.17, 15) is 22.8 Å². The Labute approximate surface area is 185 Å². The standard InChI is InChI=1S/C25H27F3N2O2/c1-15-6-7-18(16(2)8-15)12-30-13-19-10-21(22(19)14-30)23(31)11-29-24(32)17-4-3-5-20(9-17)25(26,27)28/h3-9,19,21-22H,10-14H2,1-2H3,(H,29,32)/t19-,21?,22+/m1/s1. The van der Waals surface area contributed by atoms with Crippen LogP contribution >= 0.6 is 0 Å².